The fourth-order valence-corrected chi connectivity index (χ4v) is 4.00. The number of halogens is 2. The summed E-state index contributed by atoms with van der Waals surface area (Å²) >= 11 is 0. The van der Waals surface area contributed by atoms with Gasteiger partial charge in [0.15, 0.2) is 0 Å². The Morgan fingerprint density at radius 3 is 2.60 bits per heavy atom. The number of benzene rings is 2. The van der Waals surface area contributed by atoms with Gasteiger partial charge in [0.2, 0.25) is 5.91 Å². The maximum absolute atomic E-state index is 14.4. The van der Waals surface area contributed by atoms with E-state index in [1.54, 1.807) is 42.7 Å². The van der Waals surface area contributed by atoms with Crippen LogP contribution in [0.3, 0.4) is 0 Å². The van der Waals surface area contributed by atoms with Crippen LogP contribution < -0.4 is 0 Å². The minimum absolute atomic E-state index is 0.0110. The summed E-state index contributed by atoms with van der Waals surface area (Å²) in [7, 11) is 0. The van der Waals surface area contributed by atoms with Crippen LogP contribution in [-0.4, -0.2) is 33.9 Å². The number of carbonyl (C=O) groups excluding carboxylic acids is 1. The second-order valence-electron chi connectivity index (χ2n) is 7.58. The van der Waals surface area contributed by atoms with Crippen LogP contribution in [0, 0.1) is 11.6 Å². The van der Waals surface area contributed by atoms with Gasteiger partial charge in [-0.3, -0.25) is 14.8 Å². The van der Waals surface area contributed by atoms with Gasteiger partial charge >= 0.3 is 0 Å². The second-order valence-corrected chi connectivity index (χ2v) is 7.58. The normalized spacial score (nSPS) is 16.5. The van der Waals surface area contributed by atoms with E-state index in [9.17, 15) is 13.6 Å². The molecule has 1 saturated heterocycles. The first-order chi connectivity index (χ1) is 14.6. The van der Waals surface area contributed by atoms with Crippen molar-refractivity contribution >= 4 is 5.91 Å². The number of likely N-dealkylation sites (tertiary alicyclic amines) is 1. The fraction of sp³-hybridized carbons (Fsp3) is 0.292. The first-order valence-corrected chi connectivity index (χ1v) is 10.2. The van der Waals surface area contributed by atoms with E-state index in [0.717, 1.165) is 24.1 Å². The lowest BCUT2D eigenvalue weighted by Crippen LogP contribution is -2.39. The van der Waals surface area contributed by atoms with Crippen LogP contribution >= 0.6 is 0 Å². The highest BCUT2D eigenvalue weighted by Crippen LogP contribution is 2.33. The predicted molar refractivity (Wildman–Crippen MR) is 111 cm³/mol. The lowest BCUT2D eigenvalue weighted by atomic mass is 9.91. The summed E-state index contributed by atoms with van der Waals surface area (Å²) in [6.45, 7) is 1.25. The van der Waals surface area contributed by atoms with Gasteiger partial charge in [0, 0.05) is 43.4 Å². The highest BCUT2D eigenvalue weighted by atomic mass is 19.1. The van der Waals surface area contributed by atoms with Gasteiger partial charge in [-0.25, -0.2) is 8.78 Å². The Kier molecular flexibility index (Phi) is 6.12. The largest absolute Gasteiger partial charge is 0.342 e. The van der Waals surface area contributed by atoms with E-state index >= 15 is 0 Å². The molecule has 4 rings (SSSR count). The molecule has 2 aromatic carbocycles. The number of aromatic nitrogens is 2. The number of nitrogens with zero attached hydrogens (tertiary/aromatic N) is 3. The molecule has 1 aliphatic rings. The Morgan fingerprint density at radius 1 is 1.03 bits per heavy atom. The molecule has 4 nitrogen and oxygen atoms in total. The van der Waals surface area contributed by atoms with Crippen molar-refractivity contribution < 1.29 is 13.6 Å². The Morgan fingerprint density at radius 2 is 1.80 bits per heavy atom. The van der Waals surface area contributed by atoms with E-state index in [0.29, 0.717) is 37.2 Å². The lowest BCUT2D eigenvalue weighted by molar-refractivity contribution is -0.132. The molecule has 2 heterocycles. The molecule has 1 atom stereocenters. The molecule has 1 fully saturated rings. The highest BCUT2D eigenvalue weighted by Gasteiger charge is 2.28. The highest BCUT2D eigenvalue weighted by molar-refractivity contribution is 5.76. The standard InChI is InChI=1S/C24H23F2N3O/c25-19-10-7-17(8-11-19)9-12-22(30)29-15-3-4-18(16-29)23-24(28-14-13-27-23)20-5-1-2-6-21(20)26/h1-2,5-8,10-11,13-14,18H,3-4,9,12,15-16H2/t18-/m1/s1. The molecule has 0 bridgehead atoms. The van der Waals surface area contributed by atoms with Gasteiger partial charge < -0.3 is 4.90 Å². The topological polar surface area (TPSA) is 46.1 Å². The molecule has 0 radical (unpaired) electrons. The predicted octanol–water partition coefficient (Wildman–Crippen LogP) is 4.76. The Balaban J connectivity index is 1.47. The van der Waals surface area contributed by atoms with E-state index in [-0.39, 0.29) is 23.5 Å². The third-order valence-corrected chi connectivity index (χ3v) is 5.56. The van der Waals surface area contributed by atoms with Gasteiger partial charge in [-0.05, 0) is 49.1 Å². The molecular weight excluding hydrogens is 384 g/mol. The number of amides is 1. The Hall–Kier alpha value is -3.15. The third kappa shape index (κ3) is 4.53. The average molecular weight is 407 g/mol. The summed E-state index contributed by atoms with van der Waals surface area (Å²) < 4.78 is 27.4. The number of hydrogen-bond donors (Lipinski definition) is 0. The Labute approximate surface area is 174 Å². The minimum Gasteiger partial charge on any atom is -0.342 e. The monoisotopic (exact) mass is 407 g/mol. The van der Waals surface area contributed by atoms with E-state index in [2.05, 4.69) is 9.97 Å². The first kappa shape index (κ1) is 20.1. The maximum atomic E-state index is 14.4. The Bertz CT molecular complexity index is 1020. The molecule has 0 aliphatic carbocycles. The maximum Gasteiger partial charge on any atom is 0.222 e. The molecule has 1 aliphatic heterocycles. The van der Waals surface area contributed by atoms with Gasteiger partial charge in [0.05, 0.1) is 11.4 Å². The third-order valence-electron chi connectivity index (χ3n) is 5.56. The molecule has 1 aromatic heterocycles. The van der Waals surface area contributed by atoms with Crippen LogP contribution in [-0.2, 0) is 11.2 Å². The van der Waals surface area contributed by atoms with Gasteiger partial charge in [-0.1, -0.05) is 24.3 Å². The lowest BCUT2D eigenvalue weighted by Gasteiger charge is -2.33. The molecule has 3 aromatic rings. The van der Waals surface area contributed by atoms with Gasteiger partial charge in [-0.2, -0.15) is 0 Å². The zero-order chi connectivity index (χ0) is 20.9. The average Bonchev–Trinajstić information content (AvgIpc) is 2.79. The summed E-state index contributed by atoms with van der Waals surface area (Å²) in [5, 5.41) is 0. The van der Waals surface area contributed by atoms with Crippen molar-refractivity contribution in [2.75, 3.05) is 13.1 Å². The number of piperidine rings is 1. The van der Waals surface area contributed by atoms with Crippen molar-refractivity contribution in [2.45, 2.75) is 31.6 Å². The van der Waals surface area contributed by atoms with Crippen molar-refractivity contribution in [3.63, 3.8) is 0 Å². The van der Waals surface area contributed by atoms with Crippen LogP contribution in [0.1, 0.15) is 36.4 Å². The molecule has 0 N–H and O–H groups in total. The molecule has 0 spiro atoms. The number of carbonyl (C=O) groups is 1. The summed E-state index contributed by atoms with van der Waals surface area (Å²) in [6, 6.07) is 12.8. The fourth-order valence-electron chi connectivity index (χ4n) is 4.00. The van der Waals surface area contributed by atoms with Gasteiger partial charge in [0.1, 0.15) is 11.6 Å². The molecular formula is C24H23F2N3O. The summed E-state index contributed by atoms with van der Waals surface area (Å²) in [6.07, 6.45) is 5.88. The smallest absolute Gasteiger partial charge is 0.222 e. The molecule has 154 valence electrons. The van der Waals surface area contributed by atoms with Crippen molar-refractivity contribution in [3.8, 4) is 11.3 Å². The van der Waals surface area contributed by atoms with Gasteiger partial charge in [-0.15, -0.1) is 0 Å². The quantitative estimate of drug-likeness (QED) is 0.613. The molecule has 1 amide bonds. The van der Waals surface area contributed by atoms with Crippen LogP contribution in [0.4, 0.5) is 8.78 Å². The van der Waals surface area contributed by atoms with Crippen LogP contribution in [0.2, 0.25) is 0 Å². The number of aryl methyl sites for hydroxylation is 1. The summed E-state index contributed by atoms with van der Waals surface area (Å²) in [5.41, 5.74) is 2.65. The van der Waals surface area contributed by atoms with E-state index in [1.807, 2.05) is 4.90 Å². The van der Waals surface area contributed by atoms with E-state index in [1.165, 1.54) is 18.2 Å². The van der Waals surface area contributed by atoms with Crippen LogP contribution in [0.25, 0.3) is 11.3 Å². The van der Waals surface area contributed by atoms with Crippen LogP contribution in [0.15, 0.2) is 60.9 Å². The SMILES string of the molecule is O=C(CCc1ccc(F)cc1)N1CCC[C@@H](c2nccnc2-c2ccccc2F)C1. The number of rotatable bonds is 5. The van der Waals surface area contributed by atoms with Gasteiger partial charge in [0.25, 0.3) is 0 Å². The zero-order valence-corrected chi connectivity index (χ0v) is 16.6. The second kappa shape index (κ2) is 9.11. The van der Waals surface area contributed by atoms with Crippen molar-refractivity contribution in [1.29, 1.82) is 0 Å². The molecule has 30 heavy (non-hydrogen) atoms. The summed E-state index contributed by atoms with van der Waals surface area (Å²) in [4.78, 5) is 23.6. The van der Waals surface area contributed by atoms with Crippen molar-refractivity contribution in [2.24, 2.45) is 0 Å². The number of hydrogen-bond acceptors (Lipinski definition) is 3. The minimum atomic E-state index is -0.331. The van der Waals surface area contributed by atoms with E-state index in [4.69, 9.17) is 0 Å². The van der Waals surface area contributed by atoms with Crippen LogP contribution in [0.5, 0.6) is 0 Å². The molecule has 0 unspecified atom stereocenters. The molecule has 0 saturated carbocycles. The summed E-state index contributed by atoms with van der Waals surface area (Å²) in [5.74, 6) is -0.530. The first-order valence-electron chi connectivity index (χ1n) is 10.2. The zero-order valence-electron chi connectivity index (χ0n) is 16.6. The molecule has 6 heteroatoms. The van der Waals surface area contributed by atoms with Crippen molar-refractivity contribution in [3.05, 3.63) is 83.8 Å². The van der Waals surface area contributed by atoms with Crippen molar-refractivity contribution in [1.82, 2.24) is 14.9 Å². The van der Waals surface area contributed by atoms with E-state index < -0.39 is 0 Å².